The number of unbranched alkanes of at least 4 members (excludes halogenated alkanes) is 7. The number of esters is 1. The average Bonchev–Trinajstić information content (AvgIpc) is 2.54. The van der Waals surface area contributed by atoms with Gasteiger partial charge in [-0.2, -0.15) is 0 Å². The lowest BCUT2D eigenvalue weighted by Gasteiger charge is -2.17. The van der Waals surface area contributed by atoms with Gasteiger partial charge in [0.15, 0.2) is 6.10 Å². The van der Waals surface area contributed by atoms with E-state index in [1.54, 1.807) is 6.08 Å². The molecule has 0 spiro atoms. The summed E-state index contributed by atoms with van der Waals surface area (Å²) in [4.78, 5) is 11.4. The molecule has 1 rings (SSSR count). The molecule has 110 valence electrons. The summed E-state index contributed by atoms with van der Waals surface area (Å²) < 4.78 is 4.69. The molecule has 19 heavy (non-hydrogen) atoms. The van der Waals surface area contributed by atoms with Gasteiger partial charge in [-0.05, 0) is 12.8 Å². The van der Waals surface area contributed by atoms with Gasteiger partial charge in [0.1, 0.15) is 0 Å². The summed E-state index contributed by atoms with van der Waals surface area (Å²) in [5, 5.41) is 19.3. The van der Waals surface area contributed by atoms with Crippen LogP contribution in [0.3, 0.4) is 0 Å². The molecule has 0 radical (unpaired) electrons. The second kappa shape index (κ2) is 7.65. The highest BCUT2D eigenvalue weighted by Crippen LogP contribution is 2.29. The Balaban J connectivity index is 2.21. The molecule has 1 aliphatic heterocycles. The van der Waals surface area contributed by atoms with Crippen molar-refractivity contribution in [2.45, 2.75) is 77.1 Å². The third-order valence-electron chi connectivity index (χ3n) is 3.51. The highest BCUT2D eigenvalue weighted by Gasteiger charge is 2.47. The lowest BCUT2D eigenvalue weighted by atomic mass is 10.0. The molecule has 1 aliphatic rings. The van der Waals surface area contributed by atoms with E-state index in [-0.39, 0.29) is 5.57 Å². The number of carbonyl (C=O) groups excluding carboxylic acids is 1. The molecule has 0 aromatic heterocycles. The molecular formula is C15H26O4. The van der Waals surface area contributed by atoms with Crippen LogP contribution < -0.4 is 0 Å². The fourth-order valence-electron chi connectivity index (χ4n) is 2.26. The first-order valence-corrected chi connectivity index (χ1v) is 7.33. The van der Waals surface area contributed by atoms with E-state index in [4.69, 9.17) is 4.74 Å². The summed E-state index contributed by atoms with van der Waals surface area (Å²) in [5.74, 6) is -2.39. The lowest BCUT2D eigenvalue weighted by Crippen LogP contribution is -2.35. The second-order valence-corrected chi connectivity index (χ2v) is 5.42. The molecule has 0 bridgehead atoms. The van der Waals surface area contributed by atoms with Crippen LogP contribution in [-0.2, 0) is 9.53 Å². The van der Waals surface area contributed by atoms with Crippen molar-refractivity contribution < 1.29 is 19.7 Å². The summed E-state index contributed by atoms with van der Waals surface area (Å²) in [5.41, 5.74) is 0.191. The summed E-state index contributed by atoms with van der Waals surface area (Å²) in [6.45, 7) is 3.50. The summed E-state index contributed by atoms with van der Waals surface area (Å²) in [7, 11) is 0. The maximum absolute atomic E-state index is 11.4. The molecule has 0 amide bonds. The van der Waals surface area contributed by atoms with Crippen molar-refractivity contribution >= 4 is 5.97 Å². The first-order chi connectivity index (χ1) is 8.99. The number of rotatable bonds is 8. The van der Waals surface area contributed by atoms with Crippen molar-refractivity contribution in [1.29, 1.82) is 0 Å². The van der Waals surface area contributed by atoms with Crippen LogP contribution >= 0.6 is 0 Å². The lowest BCUT2D eigenvalue weighted by molar-refractivity contribution is -0.203. The molecule has 4 nitrogen and oxygen atoms in total. The zero-order valence-corrected chi connectivity index (χ0v) is 12.0. The summed E-state index contributed by atoms with van der Waals surface area (Å²) in [6.07, 6.45) is 9.68. The van der Waals surface area contributed by atoms with E-state index in [2.05, 4.69) is 6.92 Å². The Kier molecular flexibility index (Phi) is 6.52. The van der Waals surface area contributed by atoms with Crippen LogP contribution in [0.4, 0.5) is 0 Å². The van der Waals surface area contributed by atoms with Crippen LogP contribution in [0.5, 0.6) is 0 Å². The molecule has 1 heterocycles. The van der Waals surface area contributed by atoms with Crippen LogP contribution in [0.1, 0.15) is 65.2 Å². The van der Waals surface area contributed by atoms with Crippen molar-refractivity contribution in [2.24, 2.45) is 0 Å². The van der Waals surface area contributed by atoms with Gasteiger partial charge in [-0.1, -0.05) is 51.5 Å². The first-order valence-electron chi connectivity index (χ1n) is 7.33. The smallest absolute Gasteiger partial charge is 0.339 e. The van der Waals surface area contributed by atoms with Crippen LogP contribution in [-0.4, -0.2) is 28.1 Å². The fraction of sp³-hybridized carbons (Fsp3) is 0.800. The average molecular weight is 270 g/mol. The molecule has 0 unspecified atom stereocenters. The molecular weight excluding hydrogens is 244 g/mol. The predicted molar refractivity (Wildman–Crippen MR) is 73.4 cm³/mol. The minimum Gasteiger partial charge on any atom is -0.427 e. The zero-order chi connectivity index (χ0) is 14.3. The Morgan fingerprint density at radius 3 is 2.32 bits per heavy atom. The van der Waals surface area contributed by atoms with E-state index in [9.17, 15) is 15.0 Å². The summed E-state index contributed by atoms with van der Waals surface area (Å²) >= 11 is 0. The Hall–Kier alpha value is -0.870. The zero-order valence-electron chi connectivity index (χ0n) is 12.0. The molecule has 0 aromatic rings. The molecule has 0 aromatic carbocycles. The van der Waals surface area contributed by atoms with E-state index < -0.39 is 17.9 Å². The van der Waals surface area contributed by atoms with Gasteiger partial charge in [-0.3, -0.25) is 0 Å². The van der Waals surface area contributed by atoms with Gasteiger partial charge >= 0.3 is 5.97 Å². The number of hydrogen-bond donors (Lipinski definition) is 2. The van der Waals surface area contributed by atoms with E-state index in [0.29, 0.717) is 0 Å². The maximum atomic E-state index is 11.4. The van der Waals surface area contributed by atoms with Gasteiger partial charge < -0.3 is 14.9 Å². The second-order valence-electron chi connectivity index (χ2n) is 5.42. The Morgan fingerprint density at radius 2 is 1.79 bits per heavy atom. The fourth-order valence-corrected chi connectivity index (χ4v) is 2.26. The van der Waals surface area contributed by atoms with Crippen LogP contribution in [0.25, 0.3) is 0 Å². The van der Waals surface area contributed by atoms with Crippen LogP contribution in [0.15, 0.2) is 11.6 Å². The van der Waals surface area contributed by atoms with Crippen molar-refractivity contribution in [2.75, 3.05) is 0 Å². The SMILES string of the molecule is CCCCCCCCCC=C1C(=O)O[C@@](C)(O)[C@@H]1O. The number of hydrogen-bond acceptors (Lipinski definition) is 4. The minimum atomic E-state index is -1.77. The van der Waals surface area contributed by atoms with Gasteiger partial charge in [0.05, 0.1) is 5.57 Å². The molecule has 4 heteroatoms. The number of cyclic esters (lactones) is 1. The van der Waals surface area contributed by atoms with Gasteiger partial charge in [0, 0.05) is 6.92 Å². The molecule has 0 saturated carbocycles. The maximum Gasteiger partial charge on any atom is 0.339 e. The number of ether oxygens (including phenoxy) is 1. The van der Waals surface area contributed by atoms with E-state index in [1.807, 2.05) is 0 Å². The molecule has 2 N–H and O–H groups in total. The van der Waals surface area contributed by atoms with E-state index in [0.717, 1.165) is 19.3 Å². The Morgan fingerprint density at radius 1 is 1.21 bits per heavy atom. The Labute approximate surface area is 115 Å². The predicted octanol–water partition coefficient (Wildman–Crippen LogP) is 2.68. The van der Waals surface area contributed by atoms with Gasteiger partial charge in [-0.15, -0.1) is 0 Å². The normalized spacial score (nSPS) is 28.9. The quantitative estimate of drug-likeness (QED) is 0.404. The third-order valence-corrected chi connectivity index (χ3v) is 3.51. The highest BCUT2D eigenvalue weighted by atomic mass is 16.7. The highest BCUT2D eigenvalue weighted by molar-refractivity contribution is 5.92. The third kappa shape index (κ3) is 4.96. The topological polar surface area (TPSA) is 66.8 Å². The van der Waals surface area contributed by atoms with Gasteiger partial charge in [0.2, 0.25) is 5.79 Å². The van der Waals surface area contributed by atoms with E-state index >= 15 is 0 Å². The van der Waals surface area contributed by atoms with Gasteiger partial charge in [0.25, 0.3) is 0 Å². The summed E-state index contributed by atoms with van der Waals surface area (Å²) in [6, 6.07) is 0. The standard InChI is InChI=1S/C15H26O4/c1-3-4-5-6-7-8-9-10-11-12-13(16)15(2,18)19-14(12)17/h11,13,16,18H,3-10H2,1-2H3/t13-,15-/m1/s1. The van der Waals surface area contributed by atoms with Crippen LogP contribution in [0.2, 0.25) is 0 Å². The van der Waals surface area contributed by atoms with Gasteiger partial charge in [-0.25, -0.2) is 4.79 Å². The monoisotopic (exact) mass is 270 g/mol. The Bertz CT molecular complexity index is 320. The number of aliphatic hydroxyl groups excluding tert-OH is 1. The largest absolute Gasteiger partial charge is 0.427 e. The minimum absolute atomic E-state index is 0.191. The van der Waals surface area contributed by atoms with E-state index in [1.165, 1.54) is 39.0 Å². The number of allylic oxidation sites excluding steroid dienone is 1. The first kappa shape index (κ1) is 16.2. The molecule has 1 saturated heterocycles. The number of aliphatic hydroxyl groups is 2. The number of carbonyl (C=O) groups is 1. The van der Waals surface area contributed by atoms with Crippen molar-refractivity contribution in [1.82, 2.24) is 0 Å². The van der Waals surface area contributed by atoms with Crippen molar-refractivity contribution in [3.8, 4) is 0 Å². The molecule has 2 atom stereocenters. The van der Waals surface area contributed by atoms with Crippen molar-refractivity contribution in [3.63, 3.8) is 0 Å². The van der Waals surface area contributed by atoms with Crippen molar-refractivity contribution in [3.05, 3.63) is 11.6 Å². The molecule has 0 aliphatic carbocycles. The molecule has 1 fully saturated rings. The van der Waals surface area contributed by atoms with Crippen LogP contribution in [0, 0.1) is 0 Å².